The lowest BCUT2D eigenvalue weighted by molar-refractivity contribution is 0.284. The Labute approximate surface area is 105 Å². The Hall–Kier alpha value is -1.62. The molecule has 2 N–H and O–H groups in total. The minimum absolute atomic E-state index is 0.108. The Morgan fingerprint density at radius 1 is 1.39 bits per heavy atom. The minimum Gasteiger partial charge on any atom is -0.469 e. The third kappa shape index (κ3) is 1.66. The number of nitrogens with two attached hydrogens (primary N) is 1. The highest BCUT2D eigenvalue weighted by atomic mass is 16.5. The molecule has 1 saturated carbocycles. The molecule has 96 valence electrons. The highest BCUT2D eigenvalue weighted by Crippen LogP contribution is 2.40. The van der Waals surface area contributed by atoms with Gasteiger partial charge in [0.1, 0.15) is 5.76 Å². The lowest BCUT2D eigenvalue weighted by Crippen LogP contribution is -2.32. The maximum atomic E-state index is 5.91. The topological polar surface area (TPSA) is 78.1 Å². The molecular weight excluding hydrogens is 230 g/mol. The standard InChI is InChI=1S/C13H17N3O2/c1-9-10(4-7-17-9)11-15-12(18-16-11)13(8-14)5-2-3-6-13/h4,7H,2-3,5-6,8,14H2,1H3. The lowest BCUT2D eigenvalue weighted by atomic mass is 9.86. The summed E-state index contributed by atoms with van der Waals surface area (Å²) in [6.07, 6.45) is 6.07. The molecule has 1 fully saturated rings. The number of hydrogen-bond donors (Lipinski definition) is 1. The van der Waals surface area contributed by atoms with Crippen molar-refractivity contribution >= 4 is 0 Å². The Morgan fingerprint density at radius 2 is 2.17 bits per heavy atom. The van der Waals surface area contributed by atoms with E-state index in [-0.39, 0.29) is 5.41 Å². The van der Waals surface area contributed by atoms with Crippen molar-refractivity contribution in [2.24, 2.45) is 5.73 Å². The van der Waals surface area contributed by atoms with Crippen molar-refractivity contribution in [3.8, 4) is 11.4 Å². The summed E-state index contributed by atoms with van der Waals surface area (Å²) in [5, 5.41) is 4.06. The number of aryl methyl sites for hydroxylation is 1. The Bertz CT molecular complexity index is 538. The summed E-state index contributed by atoms with van der Waals surface area (Å²) in [5.74, 6) is 2.07. The summed E-state index contributed by atoms with van der Waals surface area (Å²) in [4.78, 5) is 4.52. The van der Waals surface area contributed by atoms with Gasteiger partial charge < -0.3 is 14.7 Å². The molecule has 2 aromatic rings. The molecular formula is C13H17N3O2. The van der Waals surface area contributed by atoms with E-state index in [0.717, 1.165) is 24.2 Å². The molecule has 2 heterocycles. The molecule has 18 heavy (non-hydrogen) atoms. The average Bonchev–Trinajstić information content (AvgIpc) is 3.08. The van der Waals surface area contributed by atoms with E-state index in [1.807, 2.05) is 13.0 Å². The van der Waals surface area contributed by atoms with E-state index in [9.17, 15) is 0 Å². The Balaban J connectivity index is 1.96. The van der Waals surface area contributed by atoms with Gasteiger partial charge in [-0.2, -0.15) is 4.98 Å². The van der Waals surface area contributed by atoms with Gasteiger partial charge >= 0.3 is 0 Å². The third-order valence-corrected chi connectivity index (χ3v) is 3.93. The van der Waals surface area contributed by atoms with Crippen LogP contribution in [0.2, 0.25) is 0 Å². The van der Waals surface area contributed by atoms with Gasteiger partial charge in [0.2, 0.25) is 11.7 Å². The molecule has 5 nitrogen and oxygen atoms in total. The molecule has 5 heteroatoms. The number of nitrogens with zero attached hydrogens (tertiary/aromatic N) is 2. The maximum Gasteiger partial charge on any atom is 0.234 e. The Morgan fingerprint density at radius 3 is 2.78 bits per heavy atom. The number of rotatable bonds is 3. The van der Waals surface area contributed by atoms with Gasteiger partial charge in [-0.15, -0.1) is 0 Å². The molecule has 0 amide bonds. The smallest absolute Gasteiger partial charge is 0.234 e. The van der Waals surface area contributed by atoms with Gasteiger partial charge in [0, 0.05) is 6.54 Å². The fourth-order valence-corrected chi connectivity index (χ4v) is 2.72. The molecule has 0 bridgehead atoms. The summed E-state index contributed by atoms with van der Waals surface area (Å²) in [5.41, 5.74) is 6.69. The van der Waals surface area contributed by atoms with E-state index < -0.39 is 0 Å². The summed E-state index contributed by atoms with van der Waals surface area (Å²) in [7, 11) is 0. The molecule has 0 radical (unpaired) electrons. The van der Waals surface area contributed by atoms with Crippen molar-refractivity contribution in [1.82, 2.24) is 10.1 Å². The predicted octanol–water partition coefficient (Wildman–Crippen LogP) is 2.41. The van der Waals surface area contributed by atoms with Crippen LogP contribution >= 0.6 is 0 Å². The summed E-state index contributed by atoms with van der Waals surface area (Å²) >= 11 is 0. The van der Waals surface area contributed by atoms with Crippen LogP contribution in [0.4, 0.5) is 0 Å². The van der Waals surface area contributed by atoms with Gasteiger partial charge in [-0.3, -0.25) is 0 Å². The molecule has 1 aliphatic rings. The summed E-state index contributed by atoms with van der Waals surface area (Å²) in [6.45, 7) is 2.46. The number of aromatic nitrogens is 2. The van der Waals surface area contributed by atoms with E-state index in [0.29, 0.717) is 18.3 Å². The van der Waals surface area contributed by atoms with Crippen molar-refractivity contribution in [2.75, 3.05) is 6.54 Å². The molecule has 0 atom stereocenters. The molecule has 0 aliphatic heterocycles. The van der Waals surface area contributed by atoms with Crippen LogP contribution in [0.25, 0.3) is 11.4 Å². The first kappa shape index (κ1) is 11.5. The van der Waals surface area contributed by atoms with Crippen molar-refractivity contribution in [2.45, 2.75) is 38.0 Å². The first-order valence-corrected chi connectivity index (χ1v) is 6.34. The largest absolute Gasteiger partial charge is 0.469 e. The van der Waals surface area contributed by atoms with Crippen LogP contribution in [-0.2, 0) is 5.41 Å². The first-order valence-electron chi connectivity index (χ1n) is 6.34. The highest BCUT2D eigenvalue weighted by molar-refractivity contribution is 5.56. The van der Waals surface area contributed by atoms with Crippen molar-refractivity contribution in [3.05, 3.63) is 24.0 Å². The van der Waals surface area contributed by atoms with Gasteiger partial charge in [0.05, 0.1) is 17.2 Å². The molecule has 0 unspecified atom stereocenters. The van der Waals surface area contributed by atoms with Gasteiger partial charge in [-0.25, -0.2) is 0 Å². The zero-order valence-electron chi connectivity index (χ0n) is 10.5. The summed E-state index contributed by atoms with van der Waals surface area (Å²) < 4.78 is 10.7. The second kappa shape index (κ2) is 4.24. The van der Waals surface area contributed by atoms with E-state index >= 15 is 0 Å². The van der Waals surface area contributed by atoms with Crippen molar-refractivity contribution in [3.63, 3.8) is 0 Å². The fraction of sp³-hybridized carbons (Fsp3) is 0.538. The minimum atomic E-state index is -0.108. The van der Waals surface area contributed by atoms with Gasteiger partial charge in [0.25, 0.3) is 0 Å². The number of hydrogen-bond acceptors (Lipinski definition) is 5. The van der Waals surface area contributed by atoms with Crippen molar-refractivity contribution < 1.29 is 8.94 Å². The average molecular weight is 247 g/mol. The SMILES string of the molecule is Cc1occc1-c1noc(C2(CN)CCCC2)n1. The second-order valence-corrected chi connectivity index (χ2v) is 5.01. The zero-order chi connectivity index (χ0) is 12.6. The molecule has 0 aromatic carbocycles. The molecule has 0 saturated heterocycles. The van der Waals surface area contributed by atoms with Gasteiger partial charge in [-0.1, -0.05) is 18.0 Å². The number of furan rings is 1. The van der Waals surface area contributed by atoms with E-state index in [1.54, 1.807) is 6.26 Å². The van der Waals surface area contributed by atoms with Crippen LogP contribution in [0, 0.1) is 6.92 Å². The quantitative estimate of drug-likeness (QED) is 0.901. The third-order valence-electron chi connectivity index (χ3n) is 3.93. The monoisotopic (exact) mass is 247 g/mol. The molecule has 0 spiro atoms. The van der Waals surface area contributed by atoms with Crippen LogP contribution in [0.1, 0.15) is 37.3 Å². The first-order chi connectivity index (χ1) is 8.75. The van der Waals surface area contributed by atoms with Gasteiger partial charge in [-0.05, 0) is 25.8 Å². The van der Waals surface area contributed by atoms with Crippen LogP contribution in [0.3, 0.4) is 0 Å². The van der Waals surface area contributed by atoms with Gasteiger partial charge in [0.15, 0.2) is 0 Å². The molecule has 1 aliphatic carbocycles. The highest BCUT2D eigenvalue weighted by Gasteiger charge is 2.39. The maximum absolute atomic E-state index is 5.91. The van der Waals surface area contributed by atoms with Crippen LogP contribution in [0.15, 0.2) is 21.3 Å². The fourth-order valence-electron chi connectivity index (χ4n) is 2.72. The summed E-state index contributed by atoms with van der Waals surface area (Å²) in [6, 6.07) is 1.85. The van der Waals surface area contributed by atoms with Crippen molar-refractivity contribution in [1.29, 1.82) is 0 Å². The van der Waals surface area contributed by atoms with Crippen LogP contribution in [-0.4, -0.2) is 16.7 Å². The molecule has 2 aromatic heterocycles. The van der Waals surface area contributed by atoms with Crippen LogP contribution in [0.5, 0.6) is 0 Å². The Kier molecular flexibility index (Phi) is 2.70. The molecule has 3 rings (SSSR count). The zero-order valence-corrected chi connectivity index (χ0v) is 10.5. The second-order valence-electron chi connectivity index (χ2n) is 5.01. The normalized spacial score (nSPS) is 18.3. The van der Waals surface area contributed by atoms with E-state index in [2.05, 4.69) is 10.1 Å². The van der Waals surface area contributed by atoms with Crippen LogP contribution < -0.4 is 5.73 Å². The predicted molar refractivity (Wildman–Crippen MR) is 65.9 cm³/mol. The lowest BCUT2D eigenvalue weighted by Gasteiger charge is -2.21. The van der Waals surface area contributed by atoms with E-state index in [1.165, 1.54) is 12.8 Å². The van der Waals surface area contributed by atoms with E-state index in [4.69, 9.17) is 14.7 Å².